The molecule has 2 atom stereocenters. The summed E-state index contributed by atoms with van der Waals surface area (Å²) in [5.74, 6) is 0.287. The van der Waals surface area contributed by atoms with Crippen molar-refractivity contribution in [3.63, 3.8) is 0 Å². The molecule has 1 aromatic heterocycles. The van der Waals surface area contributed by atoms with Crippen molar-refractivity contribution in [1.82, 2.24) is 9.62 Å². The van der Waals surface area contributed by atoms with Crippen molar-refractivity contribution >= 4 is 27.3 Å². The van der Waals surface area contributed by atoms with Crippen LogP contribution in [0.2, 0.25) is 0 Å². The third kappa shape index (κ3) is 3.61. The predicted octanol–water partition coefficient (Wildman–Crippen LogP) is 2.21. The lowest BCUT2D eigenvalue weighted by molar-refractivity contribution is -0.123. The standard InChI is InChI=1S/C16H24N2O3S2/c1-2-3-9-23(20,21)18-7-6-16(12-18)10-14(16)15(19)17-11-13-5-4-8-22-13/h4-5,8,14H,2-3,6-7,9-12H2,1H3,(H,17,19). The Balaban J connectivity index is 1.52. The lowest BCUT2D eigenvalue weighted by Gasteiger charge is -2.16. The van der Waals surface area contributed by atoms with Crippen LogP contribution in [-0.4, -0.2) is 37.5 Å². The Morgan fingerprint density at radius 2 is 2.35 bits per heavy atom. The summed E-state index contributed by atoms with van der Waals surface area (Å²) in [6.45, 7) is 3.66. The summed E-state index contributed by atoms with van der Waals surface area (Å²) in [5.41, 5.74) is -0.0984. The van der Waals surface area contributed by atoms with E-state index < -0.39 is 10.0 Å². The minimum Gasteiger partial charge on any atom is -0.351 e. The number of amides is 1. The molecule has 2 aliphatic rings. The first-order chi connectivity index (χ1) is 11.0. The highest BCUT2D eigenvalue weighted by molar-refractivity contribution is 7.89. The zero-order valence-corrected chi connectivity index (χ0v) is 15.1. The van der Waals surface area contributed by atoms with Gasteiger partial charge in [0.05, 0.1) is 12.3 Å². The summed E-state index contributed by atoms with van der Waals surface area (Å²) in [7, 11) is -3.15. The summed E-state index contributed by atoms with van der Waals surface area (Å²) in [4.78, 5) is 13.5. The number of hydrogen-bond acceptors (Lipinski definition) is 4. The van der Waals surface area contributed by atoms with E-state index in [-0.39, 0.29) is 23.0 Å². The SMILES string of the molecule is CCCCS(=O)(=O)N1CCC2(CC2C(=O)NCc2cccs2)C1. The van der Waals surface area contributed by atoms with Crippen molar-refractivity contribution in [1.29, 1.82) is 0 Å². The molecule has 2 heterocycles. The van der Waals surface area contributed by atoms with Gasteiger partial charge >= 0.3 is 0 Å². The molecule has 1 saturated heterocycles. The van der Waals surface area contributed by atoms with Crippen LogP contribution in [0.25, 0.3) is 0 Å². The minimum atomic E-state index is -3.15. The summed E-state index contributed by atoms with van der Waals surface area (Å²) in [6.07, 6.45) is 3.22. The van der Waals surface area contributed by atoms with Gasteiger partial charge < -0.3 is 5.32 Å². The zero-order valence-electron chi connectivity index (χ0n) is 13.5. The van der Waals surface area contributed by atoms with Crippen LogP contribution < -0.4 is 5.32 Å². The molecule has 0 aromatic carbocycles. The average molecular weight is 357 g/mol. The van der Waals surface area contributed by atoms with Gasteiger partial charge in [-0.25, -0.2) is 12.7 Å². The fourth-order valence-electron chi connectivity index (χ4n) is 3.43. The number of thiophene rings is 1. The molecule has 5 nitrogen and oxygen atoms in total. The molecule has 0 bridgehead atoms. The number of unbranched alkanes of at least 4 members (excludes halogenated alkanes) is 1. The number of nitrogens with zero attached hydrogens (tertiary/aromatic N) is 1. The Kier molecular flexibility index (Phi) is 4.80. The molecular weight excluding hydrogens is 332 g/mol. The summed E-state index contributed by atoms with van der Waals surface area (Å²) >= 11 is 1.63. The quantitative estimate of drug-likeness (QED) is 0.814. The van der Waals surface area contributed by atoms with Crippen LogP contribution in [0.15, 0.2) is 17.5 Å². The highest BCUT2D eigenvalue weighted by Gasteiger charge is 2.61. The third-order valence-electron chi connectivity index (χ3n) is 5.02. The number of nitrogens with one attached hydrogen (secondary N) is 1. The number of carbonyl (C=O) groups excluding carboxylic acids is 1. The van der Waals surface area contributed by atoms with E-state index in [1.165, 1.54) is 0 Å². The Morgan fingerprint density at radius 1 is 1.52 bits per heavy atom. The van der Waals surface area contributed by atoms with Crippen LogP contribution in [0.1, 0.15) is 37.5 Å². The minimum absolute atomic E-state index is 0.0196. The molecule has 2 fully saturated rings. The van der Waals surface area contributed by atoms with Crippen molar-refractivity contribution in [2.75, 3.05) is 18.8 Å². The van der Waals surface area contributed by atoms with Gasteiger partial charge in [-0.2, -0.15) is 0 Å². The average Bonchev–Trinajstić information content (AvgIpc) is 2.90. The van der Waals surface area contributed by atoms with E-state index in [0.717, 1.165) is 24.1 Å². The molecule has 3 rings (SSSR count). The second-order valence-corrected chi connectivity index (χ2v) is 9.79. The fraction of sp³-hybridized carbons (Fsp3) is 0.688. The molecule has 128 valence electrons. The number of rotatable bonds is 7. The topological polar surface area (TPSA) is 66.5 Å². The van der Waals surface area contributed by atoms with E-state index in [1.807, 2.05) is 24.4 Å². The van der Waals surface area contributed by atoms with Crippen LogP contribution in [0.3, 0.4) is 0 Å². The fourth-order valence-corrected chi connectivity index (χ4v) is 5.81. The largest absolute Gasteiger partial charge is 0.351 e. The molecule has 1 spiro atoms. The maximum atomic E-state index is 12.3. The molecule has 0 radical (unpaired) electrons. The van der Waals surface area contributed by atoms with Crippen molar-refractivity contribution < 1.29 is 13.2 Å². The smallest absolute Gasteiger partial charge is 0.224 e. The molecule has 1 N–H and O–H groups in total. The molecule has 1 saturated carbocycles. The van der Waals surface area contributed by atoms with E-state index in [2.05, 4.69) is 5.32 Å². The molecule has 2 unspecified atom stereocenters. The van der Waals surface area contributed by atoms with E-state index in [0.29, 0.717) is 26.1 Å². The lowest BCUT2D eigenvalue weighted by atomic mass is 10.0. The van der Waals surface area contributed by atoms with Gasteiger partial charge in [-0.15, -0.1) is 11.3 Å². The third-order valence-corrected chi connectivity index (χ3v) is 7.80. The van der Waals surface area contributed by atoms with Crippen LogP contribution in [-0.2, 0) is 21.4 Å². The van der Waals surface area contributed by atoms with E-state index in [9.17, 15) is 13.2 Å². The van der Waals surface area contributed by atoms with E-state index in [4.69, 9.17) is 0 Å². The van der Waals surface area contributed by atoms with Crippen LogP contribution >= 0.6 is 11.3 Å². The molecule has 1 aliphatic heterocycles. The van der Waals surface area contributed by atoms with Crippen molar-refractivity contribution in [3.8, 4) is 0 Å². The van der Waals surface area contributed by atoms with Gasteiger partial charge in [0, 0.05) is 23.9 Å². The molecular formula is C16H24N2O3S2. The monoisotopic (exact) mass is 356 g/mol. The van der Waals surface area contributed by atoms with Gasteiger partial charge in [-0.3, -0.25) is 4.79 Å². The highest BCUT2D eigenvalue weighted by atomic mass is 32.2. The van der Waals surface area contributed by atoms with Crippen LogP contribution in [0, 0.1) is 11.3 Å². The van der Waals surface area contributed by atoms with Gasteiger partial charge in [0.25, 0.3) is 0 Å². The lowest BCUT2D eigenvalue weighted by Crippen LogP contribution is -2.32. The second kappa shape index (κ2) is 6.53. The number of sulfonamides is 1. The van der Waals surface area contributed by atoms with Crippen molar-refractivity contribution in [2.45, 2.75) is 39.2 Å². The Labute approximate surface area is 142 Å². The highest BCUT2D eigenvalue weighted by Crippen LogP contribution is 2.58. The maximum Gasteiger partial charge on any atom is 0.224 e. The first-order valence-corrected chi connectivity index (χ1v) is 10.7. The Hall–Kier alpha value is -0.920. The summed E-state index contributed by atoms with van der Waals surface area (Å²) in [6, 6.07) is 3.98. The van der Waals surface area contributed by atoms with Crippen molar-refractivity contribution in [2.24, 2.45) is 11.3 Å². The van der Waals surface area contributed by atoms with Gasteiger partial charge in [-0.05, 0) is 36.1 Å². The normalized spacial score (nSPS) is 27.4. The first kappa shape index (κ1) is 16.9. The van der Waals surface area contributed by atoms with Crippen LogP contribution in [0.4, 0.5) is 0 Å². The number of hydrogen-bond donors (Lipinski definition) is 1. The molecule has 1 aromatic rings. The van der Waals surface area contributed by atoms with Gasteiger partial charge in [0.15, 0.2) is 0 Å². The molecule has 23 heavy (non-hydrogen) atoms. The Morgan fingerprint density at radius 3 is 3.04 bits per heavy atom. The summed E-state index contributed by atoms with van der Waals surface area (Å²) < 4.78 is 26.2. The van der Waals surface area contributed by atoms with Crippen LogP contribution in [0.5, 0.6) is 0 Å². The van der Waals surface area contributed by atoms with Gasteiger partial charge in [0.1, 0.15) is 0 Å². The molecule has 1 aliphatic carbocycles. The number of carbonyl (C=O) groups is 1. The zero-order chi connectivity index (χ0) is 16.5. The first-order valence-electron chi connectivity index (χ1n) is 8.25. The molecule has 7 heteroatoms. The second-order valence-electron chi connectivity index (χ2n) is 6.67. The predicted molar refractivity (Wildman–Crippen MR) is 91.6 cm³/mol. The maximum absolute atomic E-state index is 12.3. The van der Waals surface area contributed by atoms with E-state index in [1.54, 1.807) is 15.6 Å². The van der Waals surface area contributed by atoms with Gasteiger partial charge in [0.2, 0.25) is 15.9 Å². The van der Waals surface area contributed by atoms with Gasteiger partial charge in [-0.1, -0.05) is 19.4 Å². The van der Waals surface area contributed by atoms with Crippen molar-refractivity contribution in [3.05, 3.63) is 22.4 Å². The molecule has 1 amide bonds. The summed E-state index contributed by atoms with van der Waals surface area (Å²) in [5, 5.41) is 4.99. The Bertz CT molecular complexity index is 657. The van der Waals surface area contributed by atoms with E-state index >= 15 is 0 Å².